The van der Waals surface area contributed by atoms with Gasteiger partial charge in [-0.15, -0.1) is 0 Å². The van der Waals surface area contributed by atoms with Gasteiger partial charge in [-0.3, -0.25) is 0 Å². The van der Waals surface area contributed by atoms with Crippen molar-refractivity contribution in [2.75, 3.05) is 6.54 Å². The number of rotatable bonds is 3. The second-order valence-electron chi connectivity index (χ2n) is 5.19. The largest absolute Gasteiger partial charge is 0.386 e. The Morgan fingerprint density at radius 1 is 1.15 bits per heavy atom. The maximum atomic E-state index is 9.07. The first-order chi connectivity index (χ1) is 12.6. The van der Waals surface area contributed by atoms with Gasteiger partial charge in [0.25, 0.3) is 0 Å². The minimum absolute atomic E-state index is 0.149. The highest BCUT2D eigenvalue weighted by atomic mass is 35.5. The summed E-state index contributed by atoms with van der Waals surface area (Å²) >= 11 is 6.24. The molecule has 0 fully saturated rings. The van der Waals surface area contributed by atoms with E-state index in [0.717, 1.165) is 21.9 Å². The molecular weight excluding hydrogens is 346 g/mol. The van der Waals surface area contributed by atoms with Gasteiger partial charge in [-0.2, -0.15) is 5.26 Å². The molecule has 0 unspecified atom stereocenters. The summed E-state index contributed by atoms with van der Waals surface area (Å²) in [5.41, 5.74) is 13.7. The van der Waals surface area contributed by atoms with E-state index >= 15 is 0 Å². The van der Waals surface area contributed by atoms with Gasteiger partial charge in [-0.05, 0) is 29.3 Å². The fraction of sp³-hybridized carbons (Fsp3) is 0.150. The average molecular weight is 366 g/mol. The third-order valence-corrected chi connectivity index (χ3v) is 3.90. The van der Waals surface area contributed by atoms with E-state index in [0.29, 0.717) is 22.2 Å². The number of aliphatic imine (C=N–C) groups is 1. The highest BCUT2D eigenvalue weighted by Crippen LogP contribution is 2.33. The van der Waals surface area contributed by atoms with Crippen LogP contribution in [0.3, 0.4) is 0 Å². The zero-order valence-corrected chi connectivity index (χ0v) is 15.5. The molecule has 0 bridgehead atoms. The van der Waals surface area contributed by atoms with Gasteiger partial charge in [-0.1, -0.05) is 49.7 Å². The van der Waals surface area contributed by atoms with E-state index in [1.807, 2.05) is 50.2 Å². The molecule has 6 heteroatoms. The van der Waals surface area contributed by atoms with Gasteiger partial charge in [-0.25, -0.2) is 9.98 Å². The summed E-state index contributed by atoms with van der Waals surface area (Å²) in [6.07, 6.45) is 1.54. The molecule has 1 aromatic heterocycles. The molecule has 5 nitrogen and oxygen atoms in total. The molecule has 2 aromatic carbocycles. The molecule has 1 heterocycles. The minimum atomic E-state index is 0.149. The fourth-order valence-electron chi connectivity index (χ4n) is 2.41. The number of amidine groups is 1. The highest BCUT2D eigenvalue weighted by molar-refractivity contribution is 6.35. The summed E-state index contributed by atoms with van der Waals surface area (Å²) in [4.78, 5) is 8.52. The maximum absolute atomic E-state index is 9.07. The summed E-state index contributed by atoms with van der Waals surface area (Å²) in [5, 5.41) is 11.2. The van der Waals surface area contributed by atoms with Gasteiger partial charge >= 0.3 is 0 Å². The van der Waals surface area contributed by atoms with Crippen LogP contribution in [0, 0.1) is 11.3 Å². The van der Waals surface area contributed by atoms with Crippen LogP contribution >= 0.6 is 11.6 Å². The van der Waals surface area contributed by atoms with Gasteiger partial charge in [0.2, 0.25) is 0 Å². The quantitative estimate of drug-likeness (QED) is 0.530. The molecular formula is C20H20ClN5. The lowest BCUT2D eigenvalue weighted by atomic mass is 10.0. The van der Waals surface area contributed by atoms with E-state index in [2.05, 4.69) is 16.0 Å². The number of nitrogens with two attached hydrogens (primary N) is 2. The molecule has 0 aliphatic carbocycles. The number of fused-ring (bicyclic) bond motifs is 1. The van der Waals surface area contributed by atoms with E-state index in [1.54, 1.807) is 12.3 Å². The molecule has 0 spiro atoms. The summed E-state index contributed by atoms with van der Waals surface area (Å²) in [5.74, 6) is 0.763. The maximum Gasteiger partial charge on any atom is 0.161 e. The predicted octanol–water partition coefficient (Wildman–Crippen LogP) is 4.40. The molecule has 0 aliphatic rings. The zero-order chi connectivity index (χ0) is 19.1. The third kappa shape index (κ3) is 4.17. The zero-order valence-electron chi connectivity index (χ0n) is 14.7. The number of nitriles is 1. The molecule has 0 aliphatic heterocycles. The van der Waals surface area contributed by atoms with Gasteiger partial charge in [0.15, 0.2) is 5.82 Å². The molecule has 132 valence electrons. The van der Waals surface area contributed by atoms with Crippen molar-refractivity contribution >= 4 is 34.0 Å². The number of benzene rings is 2. The molecule has 0 atom stereocenters. The fourth-order valence-corrected chi connectivity index (χ4v) is 2.63. The Morgan fingerprint density at radius 3 is 2.58 bits per heavy atom. The minimum Gasteiger partial charge on any atom is -0.386 e. The number of hydrogen-bond donors (Lipinski definition) is 2. The van der Waals surface area contributed by atoms with Crippen LogP contribution in [0.5, 0.6) is 0 Å². The van der Waals surface area contributed by atoms with Crippen LogP contribution in [-0.2, 0) is 0 Å². The Balaban J connectivity index is 0.00000117. The van der Waals surface area contributed by atoms with E-state index in [9.17, 15) is 0 Å². The number of aromatic nitrogens is 1. The Kier molecular flexibility index (Phi) is 6.67. The number of pyridine rings is 1. The van der Waals surface area contributed by atoms with Crippen LogP contribution in [0.4, 0.5) is 5.82 Å². The Bertz CT molecular complexity index is 989. The second kappa shape index (κ2) is 8.95. The predicted molar refractivity (Wildman–Crippen MR) is 109 cm³/mol. The third-order valence-electron chi connectivity index (χ3n) is 3.60. The molecule has 26 heavy (non-hydrogen) atoms. The Morgan fingerprint density at radius 2 is 1.88 bits per heavy atom. The van der Waals surface area contributed by atoms with Crippen LogP contribution in [0.2, 0.25) is 5.02 Å². The molecule has 4 N–H and O–H groups in total. The number of nitrogens with zero attached hydrogens (tertiary/aromatic N) is 3. The van der Waals surface area contributed by atoms with Crippen LogP contribution in [0.1, 0.15) is 19.4 Å². The van der Waals surface area contributed by atoms with Crippen molar-refractivity contribution in [1.29, 1.82) is 5.26 Å². The standard InChI is InChI=1S/C18H14ClN5.C2H6/c19-16-10-23-18(24-17(22)9-21)15-7-13(4-5-14(15)16)12-3-1-2-11(6-12)8-20;1-2/h1-7,10H,9,21H2,(H2,22,23,24);1-2H3. The first-order valence-electron chi connectivity index (χ1n) is 8.24. The first-order valence-corrected chi connectivity index (χ1v) is 8.62. The molecule has 0 radical (unpaired) electrons. The monoisotopic (exact) mass is 365 g/mol. The van der Waals surface area contributed by atoms with E-state index in [4.69, 9.17) is 28.3 Å². The van der Waals surface area contributed by atoms with E-state index < -0.39 is 0 Å². The smallest absolute Gasteiger partial charge is 0.161 e. The molecule has 3 aromatic rings. The van der Waals surface area contributed by atoms with Crippen LogP contribution < -0.4 is 11.5 Å². The highest BCUT2D eigenvalue weighted by Gasteiger charge is 2.09. The van der Waals surface area contributed by atoms with Crippen molar-refractivity contribution < 1.29 is 0 Å². The van der Waals surface area contributed by atoms with Gasteiger partial charge < -0.3 is 11.5 Å². The summed E-state index contributed by atoms with van der Waals surface area (Å²) in [6, 6.07) is 15.3. The summed E-state index contributed by atoms with van der Waals surface area (Å²) in [6.45, 7) is 4.15. The molecule has 0 saturated carbocycles. The van der Waals surface area contributed by atoms with Crippen molar-refractivity contribution in [2.24, 2.45) is 16.5 Å². The number of hydrogen-bond acceptors (Lipinski definition) is 4. The second-order valence-corrected chi connectivity index (χ2v) is 5.60. The van der Waals surface area contributed by atoms with Gasteiger partial charge in [0.1, 0.15) is 5.84 Å². The lowest BCUT2D eigenvalue weighted by molar-refractivity contribution is 1.23. The lowest BCUT2D eigenvalue weighted by Crippen LogP contribution is -2.22. The van der Waals surface area contributed by atoms with Crippen LogP contribution in [0.25, 0.3) is 21.9 Å². The van der Waals surface area contributed by atoms with Gasteiger partial charge in [0, 0.05) is 17.0 Å². The lowest BCUT2D eigenvalue weighted by Gasteiger charge is -2.08. The molecule has 0 amide bonds. The Hall–Kier alpha value is -2.94. The van der Waals surface area contributed by atoms with E-state index in [1.165, 1.54) is 0 Å². The SMILES string of the molecule is CC.N#Cc1cccc(-c2ccc3c(Cl)cnc(N=C(N)CN)c3c2)c1. The van der Waals surface area contributed by atoms with Crippen molar-refractivity contribution in [1.82, 2.24) is 4.98 Å². The van der Waals surface area contributed by atoms with Crippen molar-refractivity contribution in [3.8, 4) is 17.2 Å². The average Bonchev–Trinajstić information content (AvgIpc) is 2.71. The first kappa shape index (κ1) is 19.4. The van der Waals surface area contributed by atoms with Gasteiger partial charge in [0.05, 0.1) is 23.2 Å². The summed E-state index contributed by atoms with van der Waals surface area (Å²) in [7, 11) is 0. The number of halogens is 1. The van der Waals surface area contributed by atoms with Crippen molar-refractivity contribution in [3.63, 3.8) is 0 Å². The summed E-state index contributed by atoms with van der Waals surface area (Å²) < 4.78 is 0. The topological polar surface area (TPSA) is 101 Å². The van der Waals surface area contributed by atoms with Crippen LogP contribution in [0.15, 0.2) is 53.7 Å². The van der Waals surface area contributed by atoms with Crippen molar-refractivity contribution in [3.05, 3.63) is 59.2 Å². The van der Waals surface area contributed by atoms with E-state index in [-0.39, 0.29) is 6.54 Å². The van der Waals surface area contributed by atoms with Crippen LogP contribution in [-0.4, -0.2) is 17.4 Å². The normalized spacial score (nSPS) is 10.8. The molecule has 3 rings (SSSR count). The molecule has 0 saturated heterocycles. The van der Waals surface area contributed by atoms with Crippen molar-refractivity contribution in [2.45, 2.75) is 13.8 Å². The Labute approximate surface area is 157 Å².